The molecule has 1 fully saturated rings. The molecule has 5 rings (SSSR count). The Hall–Kier alpha value is -1.54. The fraction of sp³-hybridized carbons (Fsp3) is 0.409. The van der Waals surface area contributed by atoms with Gasteiger partial charge in [-0.3, -0.25) is 0 Å². The third kappa shape index (κ3) is 3.80. The van der Waals surface area contributed by atoms with E-state index in [0.29, 0.717) is 65.3 Å². The van der Waals surface area contributed by atoms with Crippen molar-refractivity contribution in [3.63, 3.8) is 0 Å². The summed E-state index contributed by atoms with van der Waals surface area (Å²) >= 11 is 6.28. The van der Waals surface area contributed by atoms with Crippen LogP contribution in [-0.4, -0.2) is 60.4 Å². The minimum absolute atomic E-state index is 0. The van der Waals surface area contributed by atoms with Crippen molar-refractivity contribution in [2.45, 2.75) is 30.1 Å². The van der Waals surface area contributed by atoms with Crippen molar-refractivity contribution in [3.05, 3.63) is 42.8 Å². The summed E-state index contributed by atoms with van der Waals surface area (Å²) < 4.78 is 32.7. The number of halogens is 1. The van der Waals surface area contributed by atoms with Gasteiger partial charge in [0.25, 0.3) is 0 Å². The molecule has 0 bridgehead atoms. The number of hydrogen-bond acceptors (Lipinski definition) is 8. The molecule has 0 radical (unpaired) electrons. The molecule has 3 aromatic rings. The van der Waals surface area contributed by atoms with Crippen molar-refractivity contribution in [2.24, 2.45) is 0 Å². The second-order valence-electron chi connectivity index (χ2n) is 8.46. The Morgan fingerprint density at radius 2 is 2.03 bits per heavy atom. The quantitative estimate of drug-likeness (QED) is 0.401. The van der Waals surface area contributed by atoms with E-state index in [0.717, 1.165) is 6.42 Å². The zero-order valence-electron chi connectivity index (χ0n) is 19.0. The molecule has 34 heavy (non-hydrogen) atoms. The van der Waals surface area contributed by atoms with Crippen LogP contribution in [0.2, 0.25) is 5.02 Å². The summed E-state index contributed by atoms with van der Waals surface area (Å²) in [7, 11) is -1.73. The summed E-state index contributed by atoms with van der Waals surface area (Å²) in [6.45, 7) is 8.85. The first-order valence-corrected chi connectivity index (χ1v) is 13.0. The van der Waals surface area contributed by atoms with E-state index in [9.17, 15) is 8.42 Å². The van der Waals surface area contributed by atoms with Crippen molar-refractivity contribution in [1.29, 1.82) is 0 Å². The van der Waals surface area contributed by atoms with Crippen LogP contribution in [0.25, 0.3) is 17.0 Å². The number of rotatable bonds is 5. The molecular formula is C22H25ClN6O3SU. The Morgan fingerprint density at radius 1 is 1.29 bits per heavy atom. The second kappa shape index (κ2) is 9.16. The van der Waals surface area contributed by atoms with Gasteiger partial charge < -0.3 is 28.8 Å². The summed E-state index contributed by atoms with van der Waals surface area (Å²) in [5.41, 5.74) is 1.78. The van der Waals surface area contributed by atoms with Gasteiger partial charge in [0.15, 0.2) is 21.4 Å². The number of anilines is 2. The predicted molar refractivity (Wildman–Crippen MR) is 129 cm³/mol. The largest absolute Gasteiger partial charge is 2.00 e. The molecular weight excluding hydrogens is 702 g/mol. The van der Waals surface area contributed by atoms with Gasteiger partial charge in [-0.25, -0.2) is 23.0 Å². The average molecular weight is 727 g/mol. The van der Waals surface area contributed by atoms with Crippen molar-refractivity contribution >= 4 is 44.2 Å². The van der Waals surface area contributed by atoms with E-state index < -0.39 is 14.6 Å². The molecule has 0 amide bonds. The number of benzene rings is 1. The third-order valence-electron chi connectivity index (χ3n) is 6.55. The van der Waals surface area contributed by atoms with E-state index in [2.05, 4.69) is 24.1 Å². The average Bonchev–Trinajstić information content (AvgIpc) is 3.09. The summed E-state index contributed by atoms with van der Waals surface area (Å²) in [5.74, 6) is 1.66. The summed E-state index contributed by atoms with van der Waals surface area (Å²) in [4.78, 5) is 16.2. The third-order valence-corrected chi connectivity index (χ3v) is 8.81. The first-order valence-electron chi connectivity index (χ1n) is 10.7. The van der Waals surface area contributed by atoms with E-state index in [1.54, 1.807) is 23.7 Å². The Balaban J connectivity index is 0.00000274. The van der Waals surface area contributed by atoms with Crippen LogP contribution in [0.5, 0.6) is 5.75 Å². The van der Waals surface area contributed by atoms with Crippen LogP contribution in [0, 0.1) is 45.0 Å². The van der Waals surface area contributed by atoms with Gasteiger partial charge in [0.1, 0.15) is 10.4 Å². The molecule has 1 saturated carbocycles. The van der Waals surface area contributed by atoms with Gasteiger partial charge in [0, 0.05) is 18.3 Å². The molecule has 9 nitrogen and oxygen atoms in total. The number of nitrogens with zero attached hydrogens (tertiary/aromatic N) is 5. The van der Waals surface area contributed by atoms with E-state index in [1.807, 2.05) is 11.0 Å². The van der Waals surface area contributed by atoms with Gasteiger partial charge in [0.05, 0.1) is 17.6 Å². The molecule has 0 spiro atoms. The number of nitrogens with one attached hydrogen (secondary N) is 1. The van der Waals surface area contributed by atoms with Crippen LogP contribution in [0.3, 0.4) is 0 Å². The number of aromatic nitrogens is 4. The molecule has 2 aliphatic rings. The monoisotopic (exact) mass is 726 g/mol. The Labute approximate surface area is 227 Å². The summed E-state index contributed by atoms with van der Waals surface area (Å²) in [5, 5.41) is 3.61. The Bertz CT molecular complexity index is 1360. The minimum atomic E-state index is -3.48. The Kier molecular flexibility index (Phi) is 6.88. The molecule has 1 N–H and O–H groups in total. The van der Waals surface area contributed by atoms with Crippen LogP contribution in [-0.2, 0) is 14.6 Å². The SMILES string of the molecule is [CH2-]CN1c2nc(-n3c(NC)nc4ccc(Cl)cc43)nc(C3(S(C)(=O)=O)CCC3)c2OC[C@@H]1[CH2-].[U+2]. The first-order chi connectivity index (χ1) is 15.7. The number of imidazole rings is 1. The molecule has 1 aliphatic carbocycles. The van der Waals surface area contributed by atoms with Gasteiger partial charge in [-0.15, -0.1) is 6.54 Å². The molecule has 12 heteroatoms. The molecule has 2 aromatic heterocycles. The first kappa shape index (κ1) is 25.6. The molecule has 1 aromatic carbocycles. The van der Waals surface area contributed by atoms with E-state index in [1.165, 1.54) is 6.26 Å². The summed E-state index contributed by atoms with van der Waals surface area (Å²) in [6, 6.07) is 5.13. The maximum atomic E-state index is 13.0. The maximum Gasteiger partial charge on any atom is 2.00 e. The standard InChI is InChI=1S/C22H25ClN6O3S.U/c1-5-28-13(2)12-32-17-18(22(9-6-10-22)33(4,30)31)26-21(27-19(17)28)29-16-11-14(23)7-8-15(16)25-20(29)24-3;/h7-8,11,13H,1-2,5-6,9-10,12H2,3-4H3,(H,24,25);/q-2;+2/t13-;/m0./s1. The van der Waals surface area contributed by atoms with Crippen LogP contribution in [0.15, 0.2) is 18.2 Å². The zero-order chi connectivity index (χ0) is 23.5. The number of sulfone groups is 1. The topological polar surface area (TPSA) is 102 Å². The van der Waals surface area contributed by atoms with Crippen LogP contribution >= 0.6 is 11.6 Å². The maximum absolute atomic E-state index is 13.0. The van der Waals surface area contributed by atoms with Crippen LogP contribution in [0.4, 0.5) is 11.8 Å². The Morgan fingerprint density at radius 3 is 2.62 bits per heavy atom. The van der Waals surface area contributed by atoms with E-state index >= 15 is 0 Å². The van der Waals surface area contributed by atoms with Crippen molar-refractivity contribution in [3.8, 4) is 11.7 Å². The fourth-order valence-electron chi connectivity index (χ4n) is 4.59. The van der Waals surface area contributed by atoms with E-state index in [4.69, 9.17) is 26.3 Å². The number of ether oxygens (including phenoxy) is 1. The molecule has 1 atom stereocenters. The molecule has 0 saturated heterocycles. The van der Waals surface area contributed by atoms with Gasteiger partial charge in [0.2, 0.25) is 11.9 Å². The van der Waals surface area contributed by atoms with Gasteiger partial charge >= 0.3 is 31.1 Å². The molecule has 178 valence electrons. The number of hydrogen-bond donors (Lipinski definition) is 1. The van der Waals surface area contributed by atoms with Crippen molar-refractivity contribution in [1.82, 2.24) is 19.5 Å². The smallest absolute Gasteiger partial charge is 0.489 e. The minimum Gasteiger partial charge on any atom is -0.489 e. The predicted octanol–water partition coefficient (Wildman–Crippen LogP) is 3.17. The van der Waals surface area contributed by atoms with Crippen LogP contribution in [0.1, 0.15) is 25.0 Å². The van der Waals surface area contributed by atoms with E-state index in [-0.39, 0.29) is 43.1 Å². The summed E-state index contributed by atoms with van der Waals surface area (Å²) in [6.07, 6.45) is 3.01. The second-order valence-corrected chi connectivity index (χ2v) is 11.2. The van der Waals surface area contributed by atoms with Crippen LogP contribution < -0.4 is 15.0 Å². The van der Waals surface area contributed by atoms with Gasteiger partial charge in [-0.05, 0) is 37.5 Å². The molecule has 1 aliphatic heterocycles. The molecule has 0 unspecified atom stereocenters. The normalized spacial score (nSPS) is 19.1. The zero-order valence-corrected chi connectivity index (χ0v) is 24.7. The fourth-order valence-corrected chi connectivity index (χ4v) is 6.28. The molecule has 3 heterocycles. The number of fused-ring (bicyclic) bond motifs is 2. The van der Waals surface area contributed by atoms with Crippen molar-refractivity contribution in [2.75, 3.05) is 36.7 Å². The van der Waals surface area contributed by atoms with Gasteiger partial charge in [-0.2, -0.15) is 4.98 Å². The van der Waals surface area contributed by atoms with Crippen molar-refractivity contribution < 1.29 is 44.3 Å². The van der Waals surface area contributed by atoms with Gasteiger partial charge in [-0.1, -0.05) is 17.6 Å².